The van der Waals surface area contributed by atoms with Gasteiger partial charge in [0.1, 0.15) is 5.82 Å². The Kier molecular flexibility index (Phi) is 2.85. The Labute approximate surface area is 108 Å². The Morgan fingerprint density at radius 1 is 1.41 bits per heavy atom. The highest BCUT2D eigenvalue weighted by Gasteiger charge is 2.35. The van der Waals surface area contributed by atoms with Gasteiger partial charge >= 0.3 is 0 Å². The summed E-state index contributed by atoms with van der Waals surface area (Å²) in [5, 5.41) is 7.42. The zero-order valence-electron chi connectivity index (χ0n) is 10.5. The van der Waals surface area contributed by atoms with Crippen LogP contribution < -0.4 is 0 Å². The van der Waals surface area contributed by atoms with E-state index in [1.165, 1.54) is 50.8 Å². The second-order valence-electron chi connectivity index (χ2n) is 5.81. The molecule has 0 atom stereocenters. The summed E-state index contributed by atoms with van der Waals surface area (Å²) in [6.45, 7) is 3.41. The van der Waals surface area contributed by atoms with Crippen molar-refractivity contribution in [2.75, 3.05) is 0 Å². The number of nitrogens with zero attached hydrogens (tertiary/aromatic N) is 2. The quantitative estimate of drug-likeness (QED) is 0.826. The molecule has 1 N–H and O–H groups in total. The summed E-state index contributed by atoms with van der Waals surface area (Å²) >= 11 is 5.40. The summed E-state index contributed by atoms with van der Waals surface area (Å²) in [7, 11) is 0. The average molecular weight is 251 g/mol. The Hall–Kier alpha value is -0.640. The maximum absolute atomic E-state index is 5.40. The smallest absolute Gasteiger partial charge is 0.195 e. The molecule has 0 aromatic carbocycles. The van der Waals surface area contributed by atoms with E-state index in [4.69, 9.17) is 12.2 Å². The number of aromatic nitrogens is 3. The van der Waals surface area contributed by atoms with E-state index < -0.39 is 0 Å². The lowest BCUT2D eigenvalue weighted by molar-refractivity contribution is 0.233. The van der Waals surface area contributed by atoms with Gasteiger partial charge in [-0.25, -0.2) is 0 Å². The highest BCUT2D eigenvalue weighted by atomic mass is 32.1. The first kappa shape index (κ1) is 11.5. The minimum absolute atomic E-state index is 0.492. The molecule has 17 heavy (non-hydrogen) atoms. The fourth-order valence-electron chi connectivity index (χ4n) is 3.22. The first-order valence-corrected chi connectivity index (χ1v) is 7.30. The second kappa shape index (κ2) is 4.23. The molecule has 3 rings (SSSR count). The normalized spacial score (nSPS) is 23.1. The molecule has 0 aliphatic heterocycles. The molecule has 94 valence electrons. The third kappa shape index (κ3) is 2.07. The van der Waals surface area contributed by atoms with Crippen LogP contribution in [-0.2, 0) is 6.54 Å². The van der Waals surface area contributed by atoms with Gasteiger partial charge in [0.05, 0.1) is 0 Å². The zero-order valence-corrected chi connectivity index (χ0v) is 11.4. The minimum atomic E-state index is 0.492. The maximum Gasteiger partial charge on any atom is 0.195 e. The van der Waals surface area contributed by atoms with E-state index in [9.17, 15) is 0 Å². The van der Waals surface area contributed by atoms with Crippen LogP contribution in [0.4, 0.5) is 0 Å². The standard InChI is InChI=1S/C13H21N3S/c1-2-13(7-3-4-8-13)9-16-11(10-5-6-10)14-15-12(16)17/h10H,2-9H2,1H3,(H,15,17). The molecule has 4 heteroatoms. The molecule has 1 aromatic heterocycles. The highest BCUT2D eigenvalue weighted by Crippen LogP contribution is 2.44. The SMILES string of the molecule is CCC1(Cn2c(C3CC3)n[nH]c2=S)CCCC1. The predicted octanol–water partition coefficient (Wildman–Crippen LogP) is 3.79. The first-order valence-electron chi connectivity index (χ1n) is 6.89. The fraction of sp³-hybridized carbons (Fsp3) is 0.846. The molecule has 0 unspecified atom stereocenters. The lowest BCUT2D eigenvalue weighted by Gasteiger charge is -2.28. The molecule has 0 radical (unpaired) electrons. The van der Waals surface area contributed by atoms with Crippen molar-refractivity contribution in [2.24, 2.45) is 5.41 Å². The Morgan fingerprint density at radius 3 is 2.71 bits per heavy atom. The van der Waals surface area contributed by atoms with Crippen LogP contribution in [0.5, 0.6) is 0 Å². The van der Waals surface area contributed by atoms with Crippen molar-refractivity contribution in [1.29, 1.82) is 0 Å². The molecule has 0 saturated heterocycles. The van der Waals surface area contributed by atoms with Gasteiger partial charge in [0.15, 0.2) is 4.77 Å². The third-order valence-corrected chi connectivity index (χ3v) is 4.95. The van der Waals surface area contributed by atoms with Crippen LogP contribution in [0.15, 0.2) is 0 Å². The largest absolute Gasteiger partial charge is 0.303 e. The molecule has 3 nitrogen and oxygen atoms in total. The number of hydrogen-bond donors (Lipinski definition) is 1. The monoisotopic (exact) mass is 251 g/mol. The van der Waals surface area contributed by atoms with Crippen LogP contribution in [0, 0.1) is 10.2 Å². The lowest BCUT2D eigenvalue weighted by Crippen LogP contribution is -2.24. The van der Waals surface area contributed by atoms with Crippen LogP contribution in [-0.4, -0.2) is 14.8 Å². The first-order chi connectivity index (χ1) is 8.24. The summed E-state index contributed by atoms with van der Waals surface area (Å²) in [6, 6.07) is 0. The van der Waals surface area contributed by atoms with Crippen LogP contribution in [0.1, 0.15) is 63.6 Å². The van der Waals surface area contributed by atoms with Crippen molar-refractivity contribution in [3.8, 4) is 0 Å². The summed E-state index contributed by atoms with van der Waals surface area (Å²) in [6.07, 6.45) is 9.35. The Bertz CT molecular complexity index is 449. The van der Waals surface area contributed by atoms with E-state index in [0.29, 0.717) is 11.3 Å². The van der Waals surface area contributed by atoms with E-state index in [2.05, 4.69) is 21.7 Å². The molecule has 1 heterocycles. The molecule has 2 fully saturated rings. The van der Waals surface area contributed by atoms with Crippen molar-refractivity contribution in [1.82, 2.24) is 14.8 Å². The Balaban J connectivity index is 1.88. The van der Waals surface area contributed by atoms with Gasteiger partial charge in [-0.1, -0.05) is 19.8 Å². The number of hydrogen-bond acceptors (Lipinski definition) is 2. The van der Waals surface area contributed by atoms with Crippen LogP contribution in [0.25, 0.3) is 0 Å². The van der Waals surface area contributed by atoms with Gasteiger partial charge in [-0.3, -0.25) is 5.10 Å². The van der Waals surface area contributed by atoms with E-state index in [1.54, 1.807) is 0 Å². The third-order valence-electron chi connectivity index (χ3n) is 4.64. The predicted molar refractivity (Wildman–Crippen MR) is 70.6 cm³/mol. The minimum Gasteiger partial charge on any atom is -0.303 e. The molecule has 2 aliphatic rings. The fourth-order valence-corrected chi connectivity index (χ4v) is 3.42. The van der Waals surface area contributed by atoms with E-state index in [0.717, 1.165) is 11.3 Å². The summed E-state index contributed by atoms with van der Waals surface area (Å²) < 4.78 is 3.12. The van der Waals surface area contributed by atoms with Crippen molar-refractivity contribution >= 4 is 12.2 Å². The van der Waals surface area contributed by atoms with Gasteiger partial charge in [-0.2, -0.15) is 5.10 Å². The molecular formula is C13H21N3S. The van der Waals surface area contributed by atoms with Crippen molar-refractivity contribution in [2.45, 2.75) is 64.3 Å². The average Bonchev–Trinajstić information content (AvgIpc) is 2.97. The molecule has 2 saturated carbocycles. The molecule has 2 aliphatic carbocycles. The van der Waals surface area contributed by atoms with Crippen LogP contribution in [0.3, 0.4) is 0 Å². The number of aromatic amines is 1. The van der Waals surface area contributed by atoms with Gasteiger partial charge in [0.2, 0.25) is 0 Å². The van der Waals surface area contributed by atoms with E-state index in [-0.39, 0.29) is 0 Å². The number of H-pyrrole nitrogens is 1. The van der Waals surface area contributed by atoms with Gasteiger partial charge in [-0.15, -0.1) is 0 Å². The van der Waals surface area contributed by atoms with Crippen LogP contribution >= 0.6 is 12.2 Å². The molecule has 0 spiro atoms. The number of rotatable bonds is 4. The van der Waals surface area contributed by atoms with Crippen molar-refractivity contribution in [3.63, 3.8) is 0 Å². The summed E-state index contributed by atoms with van der Waals surface area (Å²) in [5.74, 6) is 1.90. The summed E-state index contributed by atoms with van der Waals surface area (Å²) in [4.78, 5) is 0. The van der Waals surface area contributed by atoms with Crippen molar-refractivity contribution < 1.29 is 0 Å². The van der Waals surface area contributed by atoms with Gasteiger partial charge < -0.3 is 4.57 Å². The lowest BCUT2D eigenvalue weighted by atomic mass is 9.83. The number of nitrogens with one attached hydrogen (secondary N) is 1. The molecule has 0 bridgehead atoms. The highest BCUT2D eigenvalue weighted by molar-refractivity contribution is 7.71. The van der Waals surface area contributed by atoms with Gasteiger partial charge in [0, 0.05) is 12.5 Å². The van der Waals surface area contributed by atoms with Crippen molar-refractivity contribution in [3.05, 3.63) is 10.6 Å². The topological polar surface area (TPSA) is 33.6 Å². The second-order valence-corrected chi connectivity index (χ2v) is 6.19. The molecule has 1 aromatic rings. The van der Waals surface area contributed by atoms with E-state index >= 15 is 0 Å². The summed E-state index contributed by atoms with van der Waals surface area (Å²) in [5.41, 5.74) is 0.492. The molecule has 0 amide bonds. The zero-order chi connectivity index (χ0) is 11.9. The Morgan fingerprint density at radius 2 is 2.12 bits per heavy atom. The molecular weight excluding hydrogens is 230 g/mol. The van der Waals surface area contributed by atoms with Gasteiger partial charge in [-0.05, 0) is 49.7 Å². The van der Waals surface area contributed by atoms with Crippen LogP contribution in [0.2, 0.25) is 0 Å². The van der Waals surface area contributed by atoms with Gasteiger partial charge in [0.25, 0.3) is 0 Å². The maximum atomic E-state index is 5.40. The van der Waals surface area contributed by atoms with E-state index in [1.807, 2.05) is 0 Å².